The first kappa shape index (κ1) is 31.5. The van der Waals surface area contributed by atoms with E-state index >= 15 is 4.39 Å². The Labute approximate surface area is 267 Å². The average molecular weight is 671 g/mol. The molecule has 1 amide bonds. The molecule has 0 radical (unpaired) electrons. The van der Waals surface area contributed by atoms with Gasteiger partial charge in [0.15, 0.2) is 27.1 Å². The third-order valence-electron chi connectivity index (χ3n) is 8.38. The van der Waals surface area contributed by atoms with E-state index in [4.69, 9.17) is 11.6 Å². The molecule has 4 aromatic rings. The number of pyridine rings is 2. The monoisotopic (exact) mass is 670 g/mol. The van der Waals surface area contributed by atoms with Gasteiger partial charge in [0.05, 0.1) is 44.8 Å². The van der Waals surface area contributed by atoms with Crippen molar-refractivity contribution in [2.24, 2.45) is 0 Å². The number of anilines is 1. The van der Waals surface area contributed by atoms with Crippen LogP contribution in [0.5, 0.6) is 5.75 Å². The number of phenols is 1. The molecule has 2 aliphatic heterocycles. The summed E-state index contributed by atoms with van der Waals surface area (Å²) in [7, 11) is -4.43. The molecule has 0 spiro atoms. The van der Waals surface area contributed by atoms with Crippen LogP contribution in [0.15, 0.2) is 46.7 Å². The average Bonchev–Trinajstić information content (AvgIpc) is 3.08. The van der Waals surface area contributed by atoms with Gasteiger partial charge in [-0.2, -0.15) is 4.98 Å². The number of aromatic hydroxyl groups is 1. The van der Waals surface area contributed by atoms with Crippen molar-refractivity contribution in [1.82, 2.24) is 24.4 Å². The summed E-state index contributed by atoms with van der Waals surface area (Å²) in [5, 5.41) is 10.00. The van der Waals surface area contributed by atoms with E-state index in [1.807, 2.05) is 13.8 Å². The Morgan fingerprint density at radius 3 is 2.59 bits per heavy atom. The van der Waals surface area contributed by atoms with E-state index in [-0.39, 0.29) is 41.5 Å². The van der Waals surface area contributed by atoms with Crippen LogP contribution in [-0.2, 0) is 14.6 Å². The minimum atomic E-state index is -4.43. The van der Waals surface area contributed by atoms with Gasteiger partial charge in [0.2, 0.25) is 5.91 Å². The maximum atomic E-state index is 15.4. The topological polar surface area (TPSA) is 139 Å². The molecule has 1 N–H and O–H groups in total. The zero-order chi connectivity index (χ0) is 33.4. The number of aromatic nitrogens is 4. The fourth-order valence-electron chi connectivity index (χ4n) is 6.42. The molecule has 1 saturated heterocycles. The number of sulfone groups is 1. The molecule has 2 unspecified atom stereocenters. The van der Waals surface area contributed by atoms with Crippen LogP contribution in [0.4, 0.5) is 14.6 Å². The zero-order valence-corrected chi connectivity index (χ0v) is 26.8. The van der Waals surface area contributed by atoms with E-state index in [0.717, 1.165) is 16.7 Å². The van der Waals surface area contributed by atoms with Crippen LogP contribution in [0.3, 0.4) is 0 Å². The molecule has 11 nitrogen and oxygen atoms in total. The Morgan fingerprint density at radius 2 is 1.91 bits per heavy atom. The number of rotatable bonds is 4. The summed E-state index contributed by atoms with van der Waals surface area (Å²) in [6.07, 6.45) is 2.70. The Balaban J connectivity index is 1.82. The lowest BCUT2D eigenvalue weighted by atomic mass is 10.0. The first-order chi connectivity index (χ1) is 21.7. The second kappa shape index (κ2) is 11.1. The zero-order valence-electron chi connectivity index (χ0n) is 25.3. The highest BCUT2D eigenvalue weighted by Crippen LogP contribution is 2.46. The van der Waals surface area contributed by atoms with E-state index in [2.05, 4.69) is 21.5 Å². The van der Waals surface area contributed by atoms with Crippen LogP contribution < -0.4 is 10.6 Å². The molecule has 2 atom stereocenters. The Hall–Kier alpha value is -4.43. The van der Waals surface area contributed by atoms with Crippen LogP contribution >= 0.6 is 11.6 Å². The molecular weight excluding hydrogens is 642 g/mol. The van der Waals surface area contributed by atoms with Gasteiger partial charge in [-0.3, -0.25) is 9.78 Å². The van der Waals surface area contributed by atoms with Crippen molar-refractivity contribution in [2.75, 3.05) is 23.7 Å². The summed E-state index contributed by atoms with van der Waals surface area (Å²) in [5.74, 6) is -4.82. The van der Waals surface area contributed by atoms with Gasteiger partial charge in [-0.1, -0.05) is 32.0 Å². The van der Waals surface area contributed by atoms with Gasteiger partial charge >= 0.3 is 5.69 Å². The van der Waals surface area contributed by atoms with E-state index in [1.165, 1.54) is 4.90 Å². The molecule has 15 heteroatoms. The molecular formula is C31H29ClF2N6O5S. The van der Waals surface area contributed by atoms with Gasteiger partial charge in [0.1, 0.15) is 16.5 Å². The third kappa shape index (κ3) is 4.73. The maximum absolute atomic E-state index is 15.4. The quantitative estimate of drug-likeness (QED) is 0.315. The van der Waals surface area contributed by atoms with Gasteiger partial charge in [0.25, 0.3) is 0 Å². The van der Waals surface area contributed by atoms with E-state index in [1.54, 1.807) is 31.0 Å². The number of amides is 1. The number of fused-ring (bicyclic) bond motifs is 2. The summed E-state index contributed by atoms with van der Waals surface area (Å²) in [6.45, 7) is 10.9. The van der Waals surface area contributed by atoms with Crippen molar-refractivity contribution in [1.29, 1.82) is 0 Å². The first-order valence-corrected chi connectivity index (χ1v) is 16.4. The predicted octanol–water partition coefficient (Wildman–Crippen LogP) is 4.29. The molecule has 0 saturated carbocycles. The normalized spacial score (nSPS) is 18.9. The fraction of sp³-hybridized carbons (Fsp3) is 0.323. The van der Waals surface area contributed by atoms with Crippen molar-refractivity contribution in [3.05, 3.63) is 75.4 Å². The van der Waals surface area contributed by atoms with Crippen LogP contribution in [0.2, 0.25) is 5.02 Å². The first-order valence-electron chi connectivity index (χ1n) is 14.4. The van der Waals surface area contributed by atoms with Crippen LogP contribution in [0.25, 0.3) is 28.0 Å². The largest absolute Gasteiger partial charge is 0.507 e. The predicted molar refractivity (Wildman–Crippen MR) is 168 cm³/mol. The maximum Gasteiger partial charge on any atom is 0.355 e. The number of benzene rings is 1. The van der Waals surface area contributed by atoms with Crippen molar-refractivity contribution >= 4 is 44.2 Å². The van der Waals surface area contributed by atoms with E-state index < -0.39 is 77.8 Å². The number of aryl methyl sites for hydroxylation is 1. The number of carbonyl (C=O) groups excluding carboxylic acids is 1. The fourth-order valence-corrected chi connectivity index (χ4v) is 8.81. The van der Waals surface area contributed by atoms with E-state index in [9.17, 15) is 27.5 Å². The Morgan fingerprint density at radius 1 is 1.20 bits per heavy atom. The number of hydrogen-bond acceptors (Lipinski definition) is 9. The number of phenolic OH excluding ortho intramolecular Hbond substituents is 1. The summed E-state index contributed by atoms with van der Waals surface area (Å²) >= 11 is 6.80. The van der Waals surface area contributed by atoms with Gasteiger partial charge in [0, 0.05) is 25.3 Å². The molecule has 240 valence electrons. The second-order valence-corrected chi connectivity index (χ2v) is 14.1. The van der Waals surface area contributed by atoms with Gasteiger partial charge in [-0.25, -0.2) is 31.5 Å². The highest BCUT2D eigenvalue weighted by molar-refractivity contribution is 7.91. The summed E-state index contributed by atoms with van der Waals surface area (Å²) < 4.78 is 59.8. The van der Waals surface area contributed by atoms with Crippen LogP contribution in [-0.4, -0.2) is 74.8 Å². The Kier molecular flexibility index (Phi) is 7.63. The number of piperazine rings is 1. The molecule has 6 rings (SSSR count). The van der Waals surface area contributed by atoms with Gasteiger partial charge < -0.3 is 14.9 Å². The molecule has 1 aromatic carbocycles. The van der Waals surface area contributed by atoms with Gasteiger partial charge in [-0.15, -0.1) is 0 Å². The lowest BCUT2D eigenvalue weighted by Crippen LogP contribution is -2.61. The summed E-state index contributed by atoms with van der Waals surface area (Å²) in [6, 6.07) is 1.86. The highest BCUT2D eigenvalue weighted by atomic mass is 35.5. The van der Waals surface area contributed by atoms with E-state index in [0.29, 0.717) is 17.3 Å². The van der Waals surface area contributed by atoms with Crippen molar-refractivity contribution < 1.29 is 27.1 Å². The molecule has 1 fully saturated rings. The molecule has 46 heavy (non-hydrogen) atoms. The smallest absolute Gasteiger partial charge is 0.355 e. The lowest BCUT2D eigenvalue weighted by Gasteiger charge is -2.45. The van der Waals surface area contributed by atoms with Crippen molar-refractivity contribution in [3.63, 3.8) is 0 Å². The summed E-state index contributed by atoms with van der Waals surface area (Å²) in [4.78, 5) is 42.9. The number of hydrogen-bond donors (Lipinski definition) is 1. The lowest BCUT2D eigenvalue weighted by molar-refractivity contribution is -0.127. The molecule has 5 heterocycles. The second-order valence-electron chi connectivity index (χ2n) is 11.8. The number of halogens is 3. The number of carbonyl (C=O) groups is 1. The number of nitrogens with zero attached hydrogens (tertiary/aromatic N) is 6. The third-order valence-corrected chi connectivity index (χ3v) is 10.7. The minimum Gasteiger partial charge on any atom is -0.507 e. The SMILES string of the molecule is C=CC(=O)N1CC(C)N2c3nc(=O)n(-c4c(C)ccnc4C(C)C)c4nc(-c5c(O)ccc(F)c5F)c(Cl)c(c34)S(=O)(=O)CC2C1. The Bertz CT molecular complexity index is 2160. The van der Waals surface area contributed by atoms with Crippen molar-refractivity contribution in [3.8, 4) is 22.7 Å². The molecule has 0 bridgehead atoms. The molecule has 3 aromatic heterocycles. The molecule has 2 aliphatic rings. The van der Waals surface area contributed by atoms with Crippen LogP contribution in [0, 0.1) is 18.6 Å². The minimum absolute atomic E-state index is 0.0342. The molecule has 0 aliphatic carbocycles. The standard InChI is InChI=1S/C31H29ClF2N6O5S/c1-6-20(42)38-11-16(5)39-17(12-38)13-46(44,45)28-22-29(36-26(23(28)32)21-19(41)8-7-18(33)24(21)34)40(31(43)37-30(22)39)27-15(4)9-10-35-25(27)14(2)3/h6-10,14,16-17,41H,1,11-13H2,2-5H3. The van der Waals surface area contributed by atoms with Crippen molar-refractivity contribution in [2.45, 2.75) is 50.6 Å². The summed E-state index contributed by atoms with van der Waals surface area (Å²) in [5.41, 5.74) is -1.13. The van der Waals surface area contributed by atoms with Gasteiger partial charge in [-0.05, 0) is 49.6 Å². The highest BCUT2D eigenvalue weighted by Gasteiger charge is 2.44. The van der Waals surface area contributed by atoms with Crippen LogP contribution in [0.1, 0.15) is 37.9 Å².